The first-order valence-corrected chi connectivity index (χ1v) is 10.1. The van der Waals surface area contributed by atoms with Crippen molar-refractivity contribution in [2.24, 2.45) is 0 Å². The van der Waals surface area contributed by atoms with Gasteiger partial charge in [-0.05, 0) is 32.4 Å². The molecule has 138 valence electrons. The number of hydrogen-bond acceptors (Lipinski definition) is 5. The van der Waals surface area contributed by atoms with Crippen LogP contribution in [-0.2, 0) is 4.79 Å². The summed E-state index contributed by atoms with van der Waals surface area (Å²) in [6.45, 7) is 6.71. The van der Waals surface area contributed by atoms with Gasteiger partial charge >= 0.3 is 0 Å². The van der Waals surface area contributed by atoms with E-state index in [2.05, 4.69) is 16.9 Å². The fourth-order valence-electron chi connectivity index (χ4n) is 3.04. The summed E-state index contributed by atoms with van der Waals surface area (Å²) < 4.78 is 6.03. The Hall–Kier alpha value is -2.08. The van der Waals surface area contributed by atoms with Crippen molar-refractivity contribution in [2.45, 2.75) is 45.4 Å². The molecule has 1 saturated heterocycles. The molecule has 0 saturated carbocycles. The minimum absolute atomic E-state index is 0.0331. The molecule has 1 aromatic carbocycles. The number of thioether (sulfide) groups is 1. The van der Waals surface area contributed by atoms with Crippen molar-refractivity contribution in [2.75, 3.05) is 17.3 Å². The van der Waals surface area contributed by atoms with Crippen LogP contribution in [0.4, 0.5) is 5.95 Å². The number of carbonyl (C=O) groups excluding carboxylic acids is 1. The summed E-state index contributed by atoms with van der Waals surface area (Å²) in [6, 6.07) is 9.87. The van der Waals surface area contributed by atoms with Gasteiger partial charge in [-0.15, -0.1) is 11.8 Å². The number of para-hydroxylation sites is 1. The SMILES string of the molecule is CCCCCOc1ccccc1[C@@H]1SCC(=O)N1c1nc(C)cc(C)n1. The third kappa shape index (κ3) is 4.18. The highest BCUT2D eigenvalue weighted by Gasteiger charge is 2.37. The molecule has 1 aliphatic heterocycles. The number of benzene rings is 1. The second-order valence-electron chi connectivity index (χ2n) is 6.47. The van der Waals surface area contributed by atoms with Gasteiger partial charge in [0.1, 0.15) is 11.1 Å². The second-order valence-corrected chi connectivity index (χ2v) is 7.54. The predicted molar refractivity (Wildman–Crippen MR) is 106 cm³/mol. The Morgan fingerprint density at radius 1 is 1.19 bits per heavy atom. The third-order valence-electron chi connectivity index (χ3n) is 4.24. The van der Waals surface area contributed by atoms with Gasteiger partial charge in [-0.2, -0.15) is 0 Å². The molecule has 2 heterocycles. The first-order valence-electron chi connectivity index (χ1n) is 9.08. The lowest BCUT2D eigenvalue weighted by Crippen LogP contribution is -2.30. The van der Waals surface area contributed by atoms with Gasteiger partial charge in [0.05, 0.1) is 12.4 Å². The number of amides is 1. The summed E-state index contributed by atoms with van der Waals surface area (Å²) in [5, 5.41) is -0.161. The lowest BCUT2D eigenvalue weighted by atomic mass is 10.2. The maximum atomic E-state index is 12.6. The maximum Gasteiger partial charge on any atom is 0.240 e. The minimum atomic E-state index is -0.161. The van der Waals surface area contributed by atoms with Gasteiger partial charge in [0.2, 0.25) is 11.9 Å². The van der Waals surface area contributed by atoms with Crippen molar-refractivity contribution in [3.8, 4) is 5.75 Å². The number of hydrogen-bond donors (Lipinski definition) is 0. The molecule has 0 bridgehead atoms. The van der Waals surface area contributed by atoms with E-state index in [1.54, 1.807) is 16.7 Å². The summed E-state index contributed by atoms with van der Waals surface area (Å²) in [5.41, 5.74) is 2.72. The van der Waals surface area contributed by atoms with Gasteiger partial charge in [0, 0.05) is 17.0 Å². The van der Waals surface area contributed by atoms with Crippen LogP contribution in [-0.4, -0.2) is 28.2 Å². The van der Waals surface area contributed by atoms with Crippen LogP contribution < -0.4 is 9.64 Å². The first-order chi connectivity index (χ1) is 12.6. The molecule has 1 amide bonds. The Kier molecular flexibility index (Phi) is 6.14. The van der Waals surface area contributed by atoms with Gasteiger partial charge in [-0.1, -0.05) is 38.0 Å². The number of unbranched alkanes of at least 4 members (excludes halogenated alkanes) is 2. The summed E-state index contributed by atoms with van der Waals surface area (Å²) >= 11 is 1.59. The average Bonchev–Trinajstić information content (AvgIpc) is 2.99. The largest absolute Gasteiger partial charge is 0.493 e. The fraction of sp³-hybridized carbons (Fsp3) is 0.450. The molecule has 3 rings (SSSR count). The van der Waals surface area contributed by atoms with E-state index in [-0.39, 0.29) is 11.3 Å². The van der Waals surface area contributed by atoms with E-state index in [4.69, 9.17) is 4.74 Å². The minimum Gasteiger partial charge on any atom is -0.493 e. The van der Waals surface area contributed by atoms with Crippen LogP contribution in [0.25, 0.3) is 0 Å². The molecule has 5 nitrogen and oxygen atoms in total. The molecule has 1 fully saturated rings. The Balaban J connectivity index is 1.89. The van der Waals surface area contributed by atoms with Crippen LogP contribution in [0.2, 0.25) is 0 Å². The number of rotatable bonds is 7. The zero-order valence-corrected chi connectivity index (χ0v) is 16.4. The molecular formula is C20H25N3O2S. The molecule has 1 aromatic heterocycles. The van der Waals surface area contributed by atoms with Crippen LogP contribution in [0.15, 0.2) is 30.3 Å². The van der Waals surface area contributed by atoms with Crippen molar-refractivity contribution in [3.05, 3.63) is 47.3 Å². The third-order valence-corrected chi connectivity index (χ3v) is 5.44. The highest BCUT2D eigenvalue weighted by Crippen LogP contribution is 2.43. The molecule has 6 heteroatoms. The van der Waals surface area contributed by atoms with Crippen molar-refractivity contribution < 1.29 is 9.53 Å². The normalized spacial score (nSPS) is 17.0. The summed E-state index contributed by atoms with van der Waals surface area (Å²) in [7, 11) is 0. The van der Waals surface area contributed by atoms with Gasteiger partial charge < -0.3 is 4.74 Å². The Morgan fingerprint density at radius 2 is 1.92 bits per heavy atom. The quantitative estimate of drug-likeness (QED) is 0.674. The van der Waals surface area contributed by atoms with Crippen molar-refractivity contribution >= 4 is 23.6 Å². The molecule has 0 spiro atoms. The molecule has 0 aliphatic carbocycles. The zero-order valence-electron chi connectivity index (χ0n) is 15.6. The van der Waals surface area contributed by atoms with E-state index in [0.717, 1.165) is 42.0 Å². The fourth-order valence-corrected chi connectivity index (χ4v) is 4.21. The number of carbonyl (C=O) groups is 1. The van der Waals surface area contributed by atoms with E-state index >= 15 is 0 Å². The van der Waals surface area contributed by atoms with Crippen LogP contribution in [0, 0.1) is 13.8 Å². The monoisotopic (exact) mass is 371 g/mol. The Labute approximate surface area is 159 Å². The number of aryl methyl sites for hydroxylation is 2. The summed E-state index contributed by atoms with van der Waals surface area (Å²) in [5.74, 6) is 1.77. The summed E-state index contributed by atoms with van der Waals surface area (Å²) in [6.07, 6.45) is 3.35. The van der Waals surface area contributed by atoms with Gasteiger partial charge in [0.25, 0.3) is 0 Å². The number of nitrogens with zero attached hydrogens (tertiary/aromatic N) is 3. The molecule has 0 unspecified atom stereocenters. The van der Waals surface area contributed by atoms with Crippen molar-refractivity contribution in [3.63, 3.8) is 0 Å². The Morgan fingerprint density at radius 3 is 2.65 bits per heavy atom. The predicted octanol–water partition coefficient (Wildman–Crippen LogP) is 4.44. The van der Waals surface area contributed by atoms with Crippen LogP contribution >= 0.6 is 11.8 Å². The van der Waals surface area contributed by atoms with Crippen LogP contribution in [0.5, 0.6) is 5.75 Å². The number of anilines is 1. The molecule has 0 N–H and O–H groups in total. The van der Waals surface area contributed by atoms with Crippen molar-refractivity contribution in [1.82, 2.24) is 9.97 Å². The molecule has 26 heavy (non-hydrogen) atoms. The van der Waals surface area contributed by atoms with E-state index < -0.39 is 0 Å². The van der Waals surface area contributed by atoms with E-state index in [0.29, 0.717) is 18.3 Å². The molecule has 0 radical (unpaired) electrons. The molecular weight excluding hydrogens is 346 g/mol. The Bertz CT molecular complexity index is 761. The zero-order chi connectivity index (χ0) is 18.5. The lowest BCUT2D eigenvalue weighted by molar-refractivity contribution is -0.115. The number of ether oxygens (including phenoxy) is 1. The van der Waals surface area contributed by atoms with Crippen LogP contribution in [0.1, 0.15) is 48.5 Å². The maximum absolute atomic E-state index is 12.6. The highest BCUT2D eigenvalue weighted by molar-refractivity contribution is 8.00. The van der Waals surface area contributed by atoms with E-state index in [1.165, 1.54) is 0 Å². The molecule has 1 aliphatic rings. The highest BCUT2D eigenvalue weighted by atomic mass is 32.2. The summed E-state index contributed by atoms with van der Waals surface area (Å²) in [4.78, 5) is 23.3. The van der Waals surface area contributed by atoms with E-state index in [1.807, 2.05) is 44.2 Å². The van der Waals surface area contributed by atoms with Gasteiger partial charge in [-0.3, -0.25) is 9.69 Å². The number of aromatic nitrogens is 2. The topological polar surface area (TPSA) is 55.3 Å². The smallest absolute Gasteiger partial charge is 0.240 e. The molecule has 1 atom stereocenters. The lowest BCUT2D eigenvalue weighted by Gasteiger charge is -2.24. The van der Waals surface area contributed by atoms with Gasteiger partial charge in [-0.25, -0.2) is 9.97 Å². The van der Waals surface area contributed by atoms with E-state index in [9.17, 15) is 4.79 Å². The first kappa shape index (κ1) is 18.7. The van der Waals surface area contributed by atoms with Crippen LogP contribution in [0.3, 0.4) is 0 Å². The second kappa shape index (κ2) is 8.54. The standard InChI is InChI=1S/C20H25N3O2S/c1-4-5-8-11-25-17-10-7-6-9-16(17)19-23(18(24)13-26-19)20-21-14(2)12-15(3)22-20/h6-7,9-10,12,19H,4-5,8,11,13H2,1-3H3/t19-/m0/s1. The van der Waals surface area contributed by atoms with Gasteiger partial charge in [0.15, 0.2) is 0 Å². The molecule has 2 aromatic rings. The average molecular weight is 372 g/mol. The van der Waals surface area contributed by atoms with Crippen molar-refractivity contribution in [1.29, 1.82) is 0 Å².